The molecule has 3 aromatic rings. The van der Waals surface area contributed by atoms with Crippen LogP contribution in [0.5, 0.6) is 0 Å². The maximum absolute atomic E-state index is 12.7. The van der Waals surface area contributed by atoms with Crippen LogP contribution < -0.4 is 10.0 Å². The molecule has 146 valence electrons. The minimum atomic E-state index is -3.81. The molecule has 0 unspecified atom stereocenters. The number of nitrogens with one attached hydrogen (secondary N) is 2. The van der Waals surface area contributed by atoms with E-state index in [1.807, 2.05) is 12.1 Å². The third-order valence-electron chi connectivity index (χ3n) is 4.24. The lowest BCUT2D eigenvalue weighted by Gasteiger charge is -2.11. The van der Waals surface area contributed by atoms with Gasteiger partial charge in [0.05, 0.1) is 17.7 Å². The van der Waals surface area contributed by atoms with Gasteiger partial charge < -0.3 is 9.73 Å². The Bertz CT molecular complexity index is 1040. The molecular weight excluding hydrogens is 376 g/mol. The molecule has 0 atom stereocenters. The van der Waals surface area contributed by atoms with Gasteiger partial charge in [-0.3, -0.25) is 9.52 Å². The molecule has 0 radical (unpaired) electrons. The fraction of sp³-hybridized carbons (Fsp3) is 0.190. The van der Waals surface area contributed by atoms with Crippen LogP contribution in [0.25, 0.3) is 0 Å². The van der Waals surface area contributed by atoms with Gasteiger partial charge >= 0.3 is 0 Å². The highest BCUT2D eigenvalue weighted by molar-refractivity contribution is 7.92. The number of carbonyl (C=O) groups excluding carboxylic acids is 1. The van der Waals surface area contributed by atoms with Gasteiger partial charge in [0.2, 0.25) is 0 Å². The molecule has 3 rings (SSSR count). The summed E-state index contributed by atoms with van der Waals surface area (Å²) in [5.41, 5.74) is 1.85. The molecule has 2 N–H and O–H groups in total. The third-order valence-corrected chi connectivity index (χ3v) is 5.62. The van der Waals surface area contributed by atoms with Gasteiger partial charge in [-0.25, -0.2) is 8.42 Å². The number of rotatable bonds is 7. The first-order valence-electron chi connectivity index (χ1n) is 8.88. The van der Waals surface area contributed by atoms with E-state index in [0.29, 0.717) is 17.4 Å². The van der Waals surface area contributed by atoms with Gasteiger partial charge in [0.25, 0.3) is 15.9 Å². The Kier molecular flexibility index (Phi) is 5.84. The van der Waals surface area contributed by atoms with E-state index in [1.165, 1.54) is 24.5 Å². The van der Waals surface area contributed by atoms with Crippen LogP contribution in [0.3, 0.4) is 0 Å². The van der Waals surface area contributed by atoms with E-state index in [9.17, 15) is 13.2 Å². The molecule has 7 heteroatoms. The number of furan rings is 1. The van der Waals surface area contributed by atoms with Gasteiger partial charge in [-0.2, -0.15) is 0 Å². The van der Waals surface area contributed by atoms with Crippen molar-refractivity contribution >= 4 is 21.6 Å². The van der Waals surface area contributed by atoms with Crippen LogP contribution in [0.15, 0.2) is 76.2 Å². The van der Waals surface area contributed by atoms with E-state index in [-0.39, 0.29) is 22.9 Å². The Labute approximate surface area is 164 Å². The fourth-order valence-electron chi connectivity index (χ4n) is 2.64. The Morgan fingerprint density at radius 2 is 1.79 bits per heavy atom. The largest absolute Gasteiger partial charge is 0.467 e. The summed E-state index contributed by atoms with van der Waals surface area (Å²) in [6.07, 6.45) is 1.52. The van der Waals surface area contributed by atoms with E-state index in [4.69, 9.17) is 4.42 Å². The second kappa shape index (κ2) is 8.31. The standard InChI is InChI=1S/C21H22N2O4S/c1-15(2)16-8-10-18(11-9-16)23-28(25,26)20-7-3-5-17(13-20)21(24)22-14-19-6-4-12-27-19/h3-13,15,23H,14H2,1-2H3,(H,22,24). The zero-order chi connectivity index (χ0) is 20.1. The summed E-state index contributed by atoms with van der Waals surface area (Å²) in [6, 6.07) is 16.6. The summed E-state index contributed by atoms with van der Waals surface area (Å²) in [5.74, 6) is 0.598. The molecule has 1 aromatic heterocycles. The van der Waals surface area contributed by atoms with E-state index in [0.717, 1.165) is 5.56 Å². The van der Waals surface area contributed by atoms with E-state index in [2.05, 4.69) is 23.9 Å². The zero-order valence-electron chi connectivity index (χ0n) is 15.7. The van der Waals surface area contributed by atoms with Crippen molar-refractivity contribution in [2.24, 2.45) is 0 Å². The molecule has 0 saturated heterocycles. The maximum atomic E-state index is 12.7. The fourth-order valence-corrected chi connectivity index (χ4v) is 3.74. The summed E-state index contributed by atoms with van der Waals surface area (Å²) in [4.78, 5) is 12.3. The molecule has 1 amide bonds. The molecule has 0 spiro atoms. The smallest absolute Gasteiger partial charge is 0.261 e. The van der Waals surface area contributed by atoms with Crippen molar-refractivity contribution in [3.63, 3.8) is 0 Å². The highest BCUT2D eigenvalue weighted by Gasteiger charge is 2.17. The van der Waals surface area contributed by atoms with Crippen molar-refractivity contribution in [2.75, 3.05) is 4.72 Å². The van der Waals surface area contributed by atoms with Crippen LogP contribution in [-0.2, 0) is 16.6 Å². The summed E-state index contributed by atoms with van der Waals surface area (Å²) in [7, 11) is -3.81. The highest BCUT2D eigenvalue weighted by Crippen LogP contribution is 2.20. The first kappa shape index (κ1) is 19.7. The van der Waals surface area contributed by atoms with Gasteiger partial charge in [-0.15, -0.1) is 0 Å². The molecule has 0 bridgehead atoms. The molecule has 2 aromatic carbocycles. The van der Waals surface area contributed by atoms with Crippen molar-refractivity contribution in [2.45, 2.75) is 31.2 Å². The van der Waals surface area contributed by atoms with Crippen molar-refractivity contribution < 1.29 is 17.6 Å². The third kappa shape index (κ3) is 4.80. The SMILES string of the molecule is CC(C)c1ccc(NS(=O)(=O)c2cccc(C(=O)NCc3ccco3)c2)cc1. The maximum Gasteiger partial charge on any atom is 0.261 e. The predicted molar refractivity (Wildman–Crippen MR) is 108 cm³/mol. The Morgan fingerprint density at radius 1 is 1.04 bits per heavy atom. The van der Waals surface area contributed by atoms with Crippen LogP contribution in [0.2, 0.25) is 0 Å². The van der Waals surface area contributed by atoms with E-state index < -0.39 is 10.0 Å². The first-order chi connectivity index (χ1) is 13.3. The van der Waals surface area contributed by atoms with Crippen molar-refractivity contribution in [1.29, 1.82) is 0 Å². The monoisotopic (exact) mass is 398 g/mol. The van der Waals surface area contributed by atoms with Crippen LogP contribution in [0, 0.1) is 0 Å². The number of anilines is 1. The lowest BCUT2D eigenvalue weighted by atomic mass is 10.0. The van der Waals surface area contributed by atoms with Crippen molar-refractivity contribution in [3.8, 4) is 0 Å². The average molecular weight is 398 g/mol. The summed E-state index contributed by atoms with van der Waals surface area (Å²) in [5, 5.41) is 2.70. The molecule has 0 aliphatic carbocycles. The minimum Gasteiger partial charge on any atom is -0.467 e. The average Bonchev–Trinajstić information content (AvgIpc) is 3.20. The second-order valence-corrected chi connectivity index (χ2v) is 8.35. The molecule has 28 heavy (non-hydrogen) atoms. The van der Waals surface area contributed by atoms with Crippen LogP contribution in [-0.4, -0.2) is 14.3 Å². The topological polar surface area (TPSA) is 88.4 Å². The van der Waals surface area contributed by atoms with Gasteiger partial charge in [0.1, 0.15) is 5.76 Å². The molecule has 0 fully saturated rings. The summed E-state index contributed by atoms with van der Waals surface area (Å²) in [6.45, 7) is 4.37. The second-order valence-electron chi connectivity index (χ2n) is 6.67. The molecule has 0 saturated carbocycles. The van der Waals surface area contributed by atoms with Crippen LogP contribution in [0.1, 0.15) is 41.4 Å². The lowest BCUT2D eigenvalue weighted by molar-refractivity contribution is 0.0948. The summed E-state index contributed by atoms with van der Waals surface area (Å²) >= 11 is 0. The van der Waals surface area contributed by atoms with E-state index in [1.54, 1.807) is 30.3 Å². The quantitative estimate of drug-likeness (QED) is 0.626. The van der Waals surface area contributed by atoms with E-state index >= 15 is 0 Å². The Morgan fingerprint density at radius 3 is 2.43 bits per heavy atom. The van der Waals surface area contributed by atoms with Gasteiger partial charge in [-0.1, -0.05) is 32.0 Å². The molecular formula is C21H22N2O4S. The zero-order valence-corrected chi connectivity index (χ0v) is 16.5. The number of hydrogen-bond donors (Lipinski definition) is 2. The Hall–Kier alpha value is -3.06. The van der Waals surface area contributed by atoms with Gasteiger partial charge in [0.15, 0.2) is 0 Å². The number of benzene rings is 2. The van der Waals surface area contributed by atoms with Crippen molar-refractivity contribution in [3.05, 3.63) is 83.8 Å². The molecule has 6 nitrogen and oxygen atoms in total. The number of amides is 1. The van der Waals surface area contributed by atoms with Gasteiger partial charge in [0, 0.05) is 11.3 Å². The van der Waals surface area contributed by atoms with Crippen molar-refractivity contribution in [1.82, 2.24) is 5.32 Å². The number of hydrogen-bond acceptors (Lipinski definition) is 4. The lowest BCUT2D eigenvalue weighted by Crippen LogP contribution is -2.23. The predicted octanol–water partition coefficient (Wildman–Crippen LogP) is 4.13. The normalized spacial score (nSPS) is 11.4. The minimum absolute atomic E-state index is 0.0195. The first-order valence-corrected chi connectivity index (χ1v) is 10.4. The highest BCUT2D eigenvalue weighted by atomic mass is 32.2. The summed E-state index contributed by atoms with van der Waals surface area (Å²) < 4.78 is 33.1. The van der Waals surface area contributed by atoms with Crippen LogP contribution >= 0.6 is 0 Å². The van der Waals surface area contributed by atoms with Gasteiger partial charge in [-0.05, 0) is 53.9 Å². The van der Waals surface area contributed by atoms with Crippen LogP contribution in [0.4, 0.5) is 5.69 Å². The molecule has 1 heterocycles. The molecule has 0 aliphatic heterocycles. The number of sulfonamides is 1. The number of carbonyl (C=O) groups is 1. The molecule has 0 aliphatic rings. The Balaban J connectivity index is 1.73.